The monoisotopic (exact) mass is 368 g/mol. The Bertz CT molecular complexity index is 902. The fraction of sp³-hybridized carbons (Fsp3) is 0.368. The average molecular weight is 368 g/mol. The van der Waals surface area contributed by atoms with E-state index >= 15 is 0 Å². The predicted molar refractivity (Wildman–Crippen MR) is 102 cm³/mol. The van der Waals surface area contributed by atoms with Crippen molar-refractivity contribution in [1.82, 2.24) is 10.3 Å². The van der Waals surface area contributed by atoms with E-state index in [1.807, 2.05) is 18.2 Å². The number of fused-ring (bicyclic) bond motifs is 1. The zero-order chi connectivity index (χ0) is 18.7. The van der Waals surface area contributed by atoms with Gasteiger partial charge in [-0.1, -0.05) is 31.7 Å². The van der Waals surface area contributed by atoms with E-state index in [-0.39, 0.29) is 22.4 Å². The van der Waals surface area contributed by atoms with E-state index in [1.165, 1.54) is 11.8 Å². The molecule has 0 aliphatic carbocycles. The van der Waals surface area contributed by atoms with Crippen LogP contribution in [0.15, 0.2) is 24.4 Å². The summed E-state index contributed by atoms with van der Waals surface area (Å²) in [7, 11) is 0. The summed E-state index contributed by atoms with van der Waals surface area (Å²) in [4.78, 5) is 16.2. The molecule has 26 heavy (non-hydrogen) atoms. The molecular formula is C19H20N4O2S. The molecule has 2 N–H and O–H groups in total. The first kappa shape index (κ1) is 18.2. The fourth-order valence-electron chi connectivity index (χ4n) is 2.94. The zero-order valence-electron chi connectivity index (χ0n) is 14.7. The molecule has 1 unspecified atom stereocenters. The van der Waals surface area contributed by atoms with Gasteiger partial charge < -0.3 is 10.1 Å². The lowest BCUT2D eigenvalue weighted by molar-refractivity contribution is -0.118. The number of nitrogens with one attached hydrogen (secondary N) is 2. The number of aromatic nitrogens is 1. The van der Waals surface area contributed by atoms with Crippen molar-refractivity contribution in [2.45, 2.75) is 44.5 Å². The average Bonchev–Trinajstić information content (AvgIpc) is 2.96. The molecule has 0 spiro atoms. The van der Waals surface area contributed by atoms with Crippen LogP contribution in [-0.2, 0) is 11.2 Å². The number of hydrogen-bond donors (Lipinski definition) is 2. The summed E-state index contributed by atoms with van der Waals surface area (Å²) in [6, 6.07) is 7.92. The van der Waals surface area contributed by atoms with Crippen molar-refractivity contribution in [3.63, 3.8) is 0 Å². The Balaban J connectivity index is 2.00. The zero-order valence-corrected chi connectivity index (χ0v) is 15.5. The Morgan fingerprint density at radius 3 is 2.81 bits per heavy atom. The molecule has 1 aliphatic rings. The van der Waals surface area contributed by atoms with Crippen molar-refractivity contribution in [3.05, 3.63) is 35.5 Å². The normalized spacial score (nSPS) is 16.8. The van der Waals surface area contributed by atoms with Gasteiger partial charge in [-0.25, -0.2) is 0 Å². The highest BCUT2D eigenvalue weighted by molar-refractivity contribution is 8.15. The number of nitriles is 1. The Morgan fingerprint density at radius 2 is 2.19 bits per heavy atom. The van der Waals surface area contributed by atoms with Gasteiger partial charge in [-0.05, 0) is 37.0 Å². The van der Waals surface area contributed by atoms with Crippen LogP contribution in [0.4, 0.5) is 0 Å². The standard InChI is InChI=1S/C19H20N4O2S/c1-3-13(4-2)25-17-12(9-20)10-22-15-6-5-11(7-14(15)17)8-16-18(24)23-19(21)26-16/h5-7,10,13,16H,3-4,8H2,1-2H3,(H2,21,23,24). The maximum atomic E-state index is 11.9. The Labute approximate surface area is 156 Å². The van der Waals surface area contributed by atoms with E-state index < -0.39 is 0 Å². The van der Waals surface area contributed by atoms with Gasteiger partial charge in [0.1, 0.15) is 17.4 Å². The van der Waals surface area contributed by atoms with E-state index in [0.29, 0.717) is 17.7 Å². The van der Waals surface area contributed by atoms with Crippen LogP contribution >= 0.6 is 11.8 Å². The first-order valence-electron chi connectivity index (χ1n) is 8.60. The molecule has 0 bridgehead atoms. The van der Waals surface area contributed by atoms with E-state index in [1.54, 1.807) is 6.20 Å². The van der Waals surface area contributed by atoms with Crippen LogP contribution in [0.25, 0.3) is 10.9 Å². The molecule has 134 valence electrons. The van der Waals surface area contributed by atoms with Crippen molar-refractivity contribution < 1.29 is 9.53 Å². The molecule has 1 amide bonds. The van der Waals surface area contributed by atoms with Crippen LogP contribution in [0, 0.1) is 16.7 Å². The highest BCUT2D eigenvalue weighted by atomic mass is 32.2. The van der Waals surface area contributed by atoms with E-state index in [4.69, 9.17) is 10.1 Å². The number of amides is 1. The summed E-state index contributed by atoms with van der Waals surface area (Å²) in [6.07, 6.45) is 3.79. The number of thioether (sulfide) groups is 1. The minimum Gasteiger partial charge on any atom is -0.488 e. The van der Waals surface area contributed by atoms with Crippen molar-refractivity contribution in [1.29, 1.82) is 10.7 Å². The number of ether oxygens (including phenoxy) is 1. The third-order valence-electron chi connectivity index (χ3n) is 4.41. The van der Waals surface area contributed by atoms with Crippen LogP contribution < -0.4 is 10.1 Å². The van der Waals surface area contributed by atoms with Crippen LogP contribution in [0.3, 0.4) is 0 Å². The number of benzene rings is 1. The molecule has 2 heterocycles. The summed E-state index contributed by atoms with van der Waals surface area (Å²) in [5.41, 5.74) is 2.12. The maximum Gasteiger partial charge on any atom is 0.239 e. The second-order valence-electron chi connectivity index (χ2n) is 6.15. The van der Waals surface area contributed by atoms with Crippen LogP contribution in [0.1, 0.15) is 37.8 Å². The summed E-state index contributed by atoms with van der Waals surface area (Å²) in [6.45, 7) is 4.11. The van der Waals surface area contributed by atoms with Gasteiger partial charge >= 0.3 is 0 Å². The van der Waals surface area contributed by atoms with Gasteiger partial charge in [-0.3, -0.25) is 15.2 Å². The minimum atomic E-state index is -0.310. The number of pyridine rings is 1. The number of hydrogen-bond acceptors (Lipinski definition) is 6. The SMILES string of the molecule is CCC(CC)Oc1c(C#N)cnc2ccc(CC3SC(=N)NC3=O)cc12. The van der Waals surface area contributed by atoms with Crippen molar-refractivity contribution in [2.24, 2.45) is 0 Å². The van der Waals surface area contributed by atoms with E-state index in [9.17, 15) is 10.1 Å². The molecule has 0 radical (unpaired) electrons. The second-order valence-corrected chi connectivity index (χ2v) is 7.36. The maximum absolute atomic E-state index is 11.9. The minimum absolute atomic E-state index is 0.0352. The van der Waals surface area contributed by atoms with E-state index in [2.05, 4.69) is 30.2 Å². The molecule has 7 heteroatoms. The molecule has 1 aliphatic heterocycles. The molecule has 0 saturated carbocycles. The van der Waals surface area contributed by atoms with Crippen molar-refractivity contribution >= 4 is 33.7 Å². The molecule has 1 saturated heterocycles. The molecular weight excluding hydrogens is 348 g/mol. The molecule has 1 aromatic carbocycles. The molecule has 1 atom stereocenters. The number of nitrogens with zero attached hydrogens (tertiary/aromatic N) is 2. The quantitative estimate of drug-likeness (QED) is 0.814. The predicted octanol–water partition coefficient (Wildman–Crippen LogP) is 3.38. The van der Waals surface area contributed by atoms with Gasteiger partial charge in [0.25, 0.3) is 0 Å². The smallest absolute Gasteiger partial charge is 0.239 e. The van der Waals surface area contributed by atoms with Crippen molar-refractivity contribution in [3.8, 4) is 11.8 Å². The van der Waals surface area contributed by atoms with Gasteiger partial charge in [0.2, 0.25) is 5.91 Å². The third-order valence-corrected chi connectivity index (χ3v) is 5.41. The molecule has 3 rings (SSSR count). The Kier molecular flexibility index (Phi) is 5.43. The number of carbonyl (C=O) groups is 1. The molecule has 1 aromatic heterocycles. The fourth-order valence-corrected chi connectivity index (χ4v) is 3.82. The van der Waals surface area contributed by atoms with Gasteiger partial charge in [0, 0.05) is 11.6 Å². The number of rotatable bonds is 6. The largest absolute Gasteiger partial charge is 0.488 e. The highest BCUT2D eigenvalue weighted by Crippen LogP contribution is 2.32. The van der Waals surface area contributed by atoms with Gasteiger partial charge in [0.15, 0.2) is 5.17 Å². The van der Waals surface area contributed by atoms with E-state index in [0.717, 1.165) is 29.3 Å². The van der Waals surface area contributed by atoms with Gasteiger partial charge in [-0.2, -0.15) is 5.26 Å². The lowest BCUT2D eigenvalue weighted by Gasteiger charge is -2.18. The Morgan fingerprint density at radius 1 is 1.42 bits per heavy atom. The topological polar surface area (TPSA) is 98.9 Å². The molecule has 6 nitrogen and oxygen atoms in total. The number of amidine groups is 1. The summed E-state index contributed by atoms with van der Waals surface area (Å²) in [5.74, 6) is 0.418. The summed E-state index contributed by atoms with van der Waals surface area (Å²) >= 11 is 1.23. The van der Waals surface area contributed by atoms with Gasteiger partial charge in [-0.15, -0.1) is 0 Å². The Hall–Kier alpha value is -2.59. The van der Waals surface area contributed by atoms with Crippen LogP contribution in [0.2, 0.25) is 0 Å². The van der Waals surface area contributed by atoms with Crippen molar-refractivity contribution in [2.75, 3.05) is 0 Å². The van der Waals surface area contributed by atoms with Crippen LogP contribution in [-0.4, -0.2) is 27.4 Å². The first-order valence-corrected chi connectivity index (χ1v) is 9.48. The van der Waals surface area contributed by atoms with Crippen LogP contribution in [0.5, 0.6) is 5.75 Å². The lowest BCUT2D eigenvalue weighted by atomic mass is 10.0. The molecule has 1 fully saturated rings. The summed E-state index contributed by atoms with van der Waals surface area (Å²) in [5, 5.41) is 20.2. The third kappa shape index (κ3) is 3.65. The summed E-state index contributed by atoms with van der Waals surface area (Å²) < 4.78 is 6.13. The first-order chi connectivity index (χ1) is 12.5. The number of carbonyl (C=O) groups excluding carboxylic acids is 1. The van der Waals surface area contributed by atoms with Gasteiger partial charge in [0.05, 0.1) is 16.9 Å². The second kappa shape index (κ2) is 7.75. The highest BCUT2D eigenvalue weighted by Gasteiger charge is 2.29. The molecule has 2 aromatic rings. The lowest BCUT2D eigenvalue weighted by Crippen LogP contribution is -2.25.